The van der Waals surface area contributed by atoms with Crippen molar-refractivity contribution in [1.29, 1.82) is 0 Å². The number of carbonyl (C=O) groups is 1. The van der Waals surface area contributed by atoms with Crippen molar-refractivity contribution in [2.75, 3.05) is 11.9 Å². The normalized spacial score (nSPS) is 19.0. The Morgan fingerprint density at radius 2 is 1.80 bits per heavy atom. The number of aromatic nitrogens is 2. The van der Waals surface area contributed by atoms with Crippen molar-refractivity contribution in [2.45, 2.75) is 51.1 Å². The van der Waals surface area contributed by atoms with Gasteiger partial charge in [0, 0.05) is 19.3 Å². The van der Waals surface area contributed by atoms with Crippen LogP contribution in [0.4, 0.5) is 5.82 Å². The van der Waals surface area contributed by atoms with E-state index in [1.807, 2.05) is 62.5 Å². The molecule has 5 rings (SSSR count). The molecule has 1 saturated heterocycles. The molecule has 0 bridgehead atoms. The Kier molecular flexibility index (Phi) is 6.75. The Morgan fingerprint density at radius 3 is 2.54 bits per heavy atom. The van der Waals surface area contributed by atoms with Crippen molar-refractivity contribution in [3.05, 3.63) is 81.1 Å². The van der Waals surface area contributed by atoms with Gasteiger partial charge in [-0.1, -0.05) is 79.6 Å². The maximum Gasteiger partial charge on any atom is 0.267 e. The summed E-state index contributed by atoms with van der Waals surface area (Å²) in [5.41, 5.74) is 1.84. The van der Waals surface area contributed by atoms with E-state index in [0.29, 0.717) is 32.3 Å². The molecule has 1 saturated carbocycles. The second-order valence-corrected chi connectivity index (χ2v) is 10.8. The Labute approximate surface area is 214 Å². The van der Waals surface area contributed by atoms with E-state index in [1.165, 1.54) is 35.4 Å². The van der Waals surface area contributed by atoms with Gasteiger partial charge in [-0.2, -0.15) is 0 Å². The second kappa shape index (κ2) is 9.95. The van der Waals surface area contributed by atoms with E-state index in [9.17, 15) is 9.59 Å². The number of pyridine rings is 1. The molecule has 1 aliphatic heterocycles. The molecule has 3 heterocycles. The number of benzene rings is 1. The number of fused-ring (bicyclic) bond motifs is 1. The minimum atomic E-state index is -0.199. The molecule has 35 heavy (non-hydrogen) atoms. The first kappa shape index (κ1) is 23.8. The van der Waals surface area contributed by atoms with Gasteiger partial charge in [-0.05, 0) is 43.5 Å². The van der Waals surface area contributed by atoms with Crippen LogP contribution < -0.4 is 10.5 Å². The van der Waals surface area contributed by atoms with Crippen LogP contribution in [0.5, 0.6) is 0 Å². The molecular formula is C27H28N4O2S2. The van der Waals surface area contributed by atoms with Crippen LogP contribution in [0.1, 0.15) is 56.2 Å². The van der Waals surface area contributed by atoms with Gasteiger partial charge in [-0.3, -0.25) is 18.9 Å². The molecule has 1 aromatic carbocycles. The van der Waals surface area contributed by atoms with E-state index < -0.39 is 0 Å². The van der Waals surface area contributed by atoms with E-state index in [4.69, 9.17) is 17.2 Å². The summed E-state index contributed by atoms with van der Waals surface area (Å²) in [5.74, 6) is 0.439. The topological polar surface area (TPSA) is 57.9 Å². The first-order valence-electron chi connectivity index (χ1n) is 12.0. The molecule has 2 aromatic heterocycles. The molecule has 0 N–H and O–H groups in total. The van der Waals surface area contributed by atoms with Gasteiger partial charge in [-0.25, -0.2) is 4.98 Å². The minimum Gasteiger partial charge on any atom is -0.356 e. The zero-order chi connectivity index (χ0) is 24.5. The number of anilines is 1. The van der Waals surface area contributed by atoms with Gasteiger partial charge in [0.2, 0.25) is 0 Å². The summed E-state index contributed by atoms with van der Waals surface area (Å²) < 4.78 is 2.03. The Morgan fingerprint density at radius 1 is 1.09 bits per heavy atom. The summed E-state index contributed by atoms with van der Waals surface area (Å²) in [6.07, 6.45) is 9.15. The lowest BCUT2D eigenvalue weighted by Gasteiger charge is -2.33. The first-order chi connectivity index (χ1) is 17.0. The highest BCUT2D eigenvalue weighted by molar-refractivity contribution is 8.26. The molecule has 8 heteroatoms. The van der Waals surface area contributed by atoms with Crippen molar-refractivity contribution >= 4 is 51.7 Å². The van der Waals surface area contributed by atoms with E-state index in [-0.39, 0.29) is 17.5 Å². The second-order valence-electron chi connectivity index (χ2n) is 9.12. The molecule has 3 aromatic rings. The van der Waals surface area contributed by atoms with Crippen LogP contribution in [0.3, 0.4) is 0 Å². The number of rotatable bonds is 5. The fraction of sp³-hybridized carbons (Fsp3) is 0.333. The summed E-state index contributed by atoms with van der Waals surface area (Å²) >= 11 is 6.85. The number of carbonyl (C=O) groups excluding carboxylic acids is 1. The number of amides is 1. The third-order valence-corrected chi connectivity index (χ3v) is 8.30. The summed E-state index contributed by atoms with van der Waals surface area (Å²) in [6.45, 7) is 1.97. The van der Waals surface area contributed by atoms with Gasteiger partial charge in [0.15, 0.2) is 0 Å². The van der Waals surface area contributed by atoms with Crippen molar-refractivity contribution < 1.29 is 4.79 Å². The highest BCUT2D eigenvalue weighted by atomic mass is 32.2. The number of thioether (sulfide) groups is 1. The summed E-state index contributed by atoms with van der Waals surface area (Å²) in [4.78, 5) is 36.2. The standard InChI is InChI=1S/C27H28N4O2S2/c1-18(19-11-5-3-6-12-19)31-26(33)22(35-27(31)34)17-21-24(29(2)20-13-7-4-8-14-20)28-23-15-9-10-16-30(23)25(21)32/h3,5-6,9-12,15-18,20H,4,7-8,13-14H2,1-2H3/b22-17+/t18-/m0/s1. The number of hydrogen-bond acceptors (Lipinski definition) is 6. The molecule has 0 spiro atoms. The Balaban J connectivity index is 1.58. The van der Waals surface area contributed by atoms with E-state index in [0.717, 1.165) is 18.4 Å². The highest BCUT2D eigenvalue weighted by Crippen LogP contribution is 2.38. The first-order valence-corrected chi connectivity index (χ1v) is 13.2. The zero-order valence-corrected chi connectivity index (χ0v) is 21.5. The molecule has 1 amide bonds. The Hall–Kier alpha value is -2.97. The van der Waals surface area contributed by atoms with Crippen molar-refractivity contribution in [1.82, 2.24) is 14.3 Å². The predicted molar refractivity (Wildman–Crippen MR) is 147 cm³/mol. The third-order valence-electron chi connectivity index (χ3n) is 6.97. The monoisotopic (exact) mass is 504 g/mol. The fourth-order valence-electron chi connectivity index (χ4n) is 4.95. The molecule has 0 unspecified atom stereocenters. The maximum atomic E-state index is 13.6. The van der Waals surface area contributed by atoms with E-state index in [1.54, 1.807) is 17.2 Å². The van der Waals surface area contributed by atoms with Crippen molar-refractivity contribution in [3.63, 3.8) is 0 Å². The van der Waals surface area contributed by atoms with Crippen LogP contribution in [0.15, 0.2) is 64.4 Å². The van der Waals surface area contributed by atoms with Gasteiger partial charge in [0.05, 0.1) is 16.5 Å². The van der Waals surface area contributed by atoms with Crippen LogP contribution in [0.2, 0.25) is 0 Å². The van der Waals surface area contributed by atoms with Crippen LogP contribution >= 0.6 is 24.0 Å². The highest BCUT2D eigenvalue weighted by Gasteiger charge is 2.36. The van der Waals surface area contributed by atoms with Gasteiger partial charge in [-0.15, -0.1) is 0 Å². The van der Waals surface area contributed by atoms with Gasteiger partial charge >= 0.3 is 0 Å². The molecule has 1 aliphatic carbocycles. The minimum absolute atomic E-state index is 0.180. The van der Waals surface area contributed by atoms with Gasteiger partial charge in [0.1, 0.15) is 15.8 Å². The van der Waals surface area contributed by atoms with Crippen LogP contribution in [0, 0.1) is 0 Å². The van der Waals surface area contributed by atoms with Gasteiger partial charge in [0.25, 0.3) is 11.5 Å². The fourth-order valence-corrected chi connectivity index (χ4v) is 6.35. The summed E-state index contributed by atoms with van der Waals surface area (Å²) in [5, 5.41) is 0. The average molecular weight is 505 g/mol. The number of nitrogens with zero attached hydrogens (tertiary/aromatic N) is 4. The summed E-state index contributed by atoms with van der Waals surface area (Å²) in [7, 11) is 2.01. The lowest BCUT2D eigenvalue weighted by atomic mass is 9.94. The van der Waals surface area contributed by atoms with Crippen LogP contribution in [-0.4, -0.2) is 37.6 Å². The van der Waals surface area contributed by atoms with E-state index >= 15 is 0 Å². The molecule has 1 atom stereocenters. The Bertz CT molecular complexity index is 1360. The zero-order valence-electron chi connectivity index (χ0n) is 19.9. The molecule has 2 fully saturated rings. The quantitative estimate of drug-likeness (QED) is 0.341. The molecular weight excluding hydrogens is 476 g/mol. The lowest BCUT2D eigenvalue weighted by Crippen LogP contribution is -2.36. The number of hydrogen-bond donors (Lipinski definition) is 0. The average Bonchev–Trinajstić information content (AvgIpc) is 3.18. The third kappa shape index (κ3) is 4.52. The maximum absolute atomic E-state index is 13.6. The number of thiocarbonyl (C=S) groups is 1. The van der Waals surface area contributed by atoms with Crippen molar-refractivity contribution in [2.24, 2.45) is 0 Å². The largest absolute Gasteiger partial charge is 0.356 e. The van der Waals surface area contributed by atoms with E-state index in [2.05, 4.69) is 4.90 Å². The summed E-state index contributed by atoms with van der Waals surface area (Å²) in [6, 6.07) is 15.5. The molecule has 180 valence electrons. The molecule has 0 radical (unpaired) electrons. The molecule has 2 aliphatic rings. The van der Waals surface area contributed by atoms with Gasteiger partial charge < -0.3 is 4.90 Å². The van der Waals surface area contributed by atoms with Crippen LogP contribution in [-0.2, 0) is 4.79 Å². The van der Waals surface area contributed by atoms with Crippen molar-refractivity contribution in [3.8, 4) is 0 Å². The predicted octanol–water partition coefficient (Wildman–Crippen LogP) is 5.43. The smallest absolute Gasteiger partial charge is 0.267 e. The lowest BCUT2D eigenvalue weighted by molar-refractivity contribution is -0.123. The molecule has 6 nitrogen and oxygen atoms in total. The van der Waals surface area contributed by atoms with Crippen LogP contribution in [0.25, 0.3) is 11.7 Å². The SMILES string of the molecule is C[C@@H](c1ccccc1)N1C(=O)/C(=C\c2c(N(C)C3CCCCC3)nc3ccccn3c2=O)SC1=S.